The van der Waals surface area contributed by atoms with Gasteiger partial charge in [0.25, 0.3) is 5.91 Å². The third kappa shape index (κ3) is 4.43. The third-order valence-electron chi connectivity index (χ3n) is 5.00. The highest BCUT2D eigenvalue weighted by Crippen LogP contribution is 2.37. The summed E-state index contributed by atoms with van der Waals surface area (Å²) >= 11 is 13.7. The minimum atomic E-state index is -3.15. The maximum Gasteiger partial charge on any atom is 0.267 e. The molecule has 0 atom stereocenters. The molecule has 1 saturated heterocycles. The van der Waals surface area contributed by atoms with E-state index in [4.69, 9.17) is 23.2 Å². The molecule has 30 heavy (non-hydrogen) atoms. The molecule has 1 aromatic heterocycles. The molecule has 0 unspecified atom stereocenters. The summed E-state index contributed by atoms with van der Waals surface area (Å²) in [6, 6.07) is 12.8. The summed E-state index contributed by atoms with van der Waals surface area (Å²) in [6.07, 6.45) is 1.23. The van der Waals surface area contributed by atoms with Gasteiger partial charge in [0.15, 0.2) is 0 Å². The SMILES string of the molecule is CS(=O)(=O)N1CCN(c2ccc(NC(=O)c3sc4cc(Cl)ccc4c3Cl)cc2)CC1. The summed E-state index contributed by atoms with van der Waals surface area (Å²) in [5.74, 6) is -0.271. The Bertz CT molecular complexity index is 1200. The number of benzene rings is 2. The van der Waals surface area contributed by atoms with Gasteiger partial charge in [0.2, 0.25) is 10.0 Å². The van der Waals surface area contributed by atoms with Crippen molar-refractivity contribution in [2.75, 3.05) is 42.7 Å². The maximum atomic E-state index is 12.7. The fraction of sp³-hybridized carbons (Fsp3) is 0.250. The average molecular weight is 484 g/mol. The zero-order chi connectivity index (χ0) is 21.5. The monoisotopic (exact) mass is 483 g/mol. The van der Waals surface area contributed by atoms with Gasteiger partial charge in [-0.05, 0) is 36.4 Å². The Labute approximate surface area is 189 Å². The quantitative estimate of drug-likeness (QED) is 0.591. The van der Waals surface area contributed by atoms with Gasteiger partial charge in [-0.3, -0.25) is 4.79 Å². The zero-order valence-corrected chi connectivity index (χ0v) is 19.2. The maximum absolute atomic E-state index is 12.7. The molecule has 0 radical (unpaired) electrons. The summed E-state index contributed by atoms with van der Waals surface area (Å²) in [4.78, 5) is 15.3. The first kappa shape index (κ1) is 21.4. The molecule has 0 saturated carbocycles. The molecule has 158 valence electrons. The van der Waals surface area contributed by atoms with Gasteiger partial charge in [-0.25, -0.2) is 8.42 Å². The predicted octanol–water partition coefficient (Wildman–Crippen LogP) is 4.54. The van der Waals surface area contributed by atoms with Gasteiger partial charge < -0.3 is 10.2 Å². The van der Waals surface area contributed by atoms with Crippen LogP contribution in [-0.2, 0) is 10.0 Å². The molecular formula is C20H19Cl2N3O3S2. The molecule has 0 bridgehead atoms. The summed E-state index contributed by atoms with van der Waals surface area (Å²) in [6.45, 7) is 2.18. The molecule has 4 rings (SSSR count). The standard InChI is InChI=1S/C20H19Cl2N3O3S2/c1-30(27,28)25-10-8-24(9-11-25)15-5-3-14(4-6-15)23-20(26)19-18(22)16-7-2-13(21)12-17(16)29-19/h2-7,12H,8-11H2,1H3,(H,23,26). The lowest BCUT2D eigenvalue weighted by Gasteiger charge is -2.34. The van der Waals surface area contributed by atoms with Crippen molar-refractivity contribution in [1.29, 1.82) is 0 Å². The predicted molar refractivity (Wildman–Crippen MR) is 125 cm³/mol. The molecule has 1 aliphatic heterocycles. The van der Waals surface area contributed by atoms with Crippen LogP contribution in [0, 0.1) is 0 Å². The molecule has 1 aliphatic rings. The number of piperazine rings is 1. The summed E-state index contributed by atoms with van der Waals surface area (Å²) in [7, 11) is -3.15. The van der Waals surface area contributed by atoms with Gasteiger partial charge in [-0.1, -0.05) is 29.3 Å². The molecule has 1 N–H and O–H groups in total. The van der Waals surface area contributed by atoms with Crippen molar-refractivity contribution in [3.8, 4) is 0 Å². The number of hydrogen-bond donors (Lipinski definition) is 1. The fourth-order valence-corrected chi connectivity index (χ4v) is 5.92. The molecular weight excluding hydrogens is 465 g/mol. The number of carbonyl (C=O) groups is 1. The van der Waals surface area contributed by atoms with E-state index in [-0.39, 0.29) is 5.91 Å². The molecule has 1 amide bonds. The lowest BCUT2D eigenvalue weighted by molar-refractivity contribution is 0.103. The van der Waals surface area contributed by atoms with E-state index in [1.807, 2.05) is 30.3 Å². The Hall–Kier alpha value is -1.84. The minimum absolute atomic E-state index is 0.271. The highest BCUT2D eigenvalue weighted by Gasteiger charge is 2.23. The van der Waals surface area contributed by atoms with E-state index in [0.29, 0.717) is 46.8 Å². The minimum Gasteiger partial charge on any atom is -0.369 e. The number of nitrogens with zero attached hydrogens (tertiary/aromatic N) is 2. The van der Waals surface area contributed by atoms with Crippen LogP contribution in [0.15, 0.2) is 42.5 Å². The average Bonchev–Trinajstić information content (AvgIpc) is 3.04. The Balaban J connectivity index is 1.44. The van der Waals surface area contributed by atoms with E-state index in [0.717, 1.165) is 15.8 Å². The molecule has 0 aliphatic carbocycles. The summed E-state index contributed by atoms with van der Waals surface area (Å²) in [5, 5.41) is 4.70. The van der Waals surface area contributed by atoms with Crippen LogP contribution in [-0.4, -0.2) is 51.1 Å². The molecule has 10 heteroatoms. The highest BCUT2D eigenvalue weighted by atomic mass is 35.5. The van der Waals surface area contributed by atoms with E-state index in [2.05, 4.69) is 10.2 Å². The smallest absolute Gasteiger partial charge is 0.267 e. The van der Waals surface area contributed by atoms with Gasteiger partial charge in [-0.2, -0.15) is 4.31 Å². The molecule has 1 fully saturated rings. The van der Waals surface area contributed by atoms with E-state index in [9.17, 15) is 13.2 Å². The van der Waals surface area contributed by atoms with Gasteiger partial charge >= 0.3 is 0 Å². The molecule has 2 heterocycles. The lowest BCUT2D eigenvalue weighted by atomic mass is 10.2. The van der Waals surface area contributed by atoms with Gasteiger partial charge in [-0.15, -0.1) is 11.3 Å². The Kier molecular flexibility index (Phi) is 5.96. The first-order valence-corrected chi connectivity index (χ1v) is 12.6. The molecule has 2 aromatic carbocycles. The van der Waals surface area contributed by atoms with E-state index in [1.54, 1.807) is 12.1 Å². The van der Waals surface area contributed by atoms with E-state index < -0.39 is 10.0 Å². The van der Waals surface area contributed by atoms with Crippen molar-refractivity contribution in [2.45, 2.75) is 0 Å². The third-order valence-corrected chi connectivity index (χ3v) is 8.19. The largest absolute Gasteiger partial charge is 0.369 e. The number of sulfonamides is 1. The fourth-order valence-electron chi connectivity index (χ4n) is 3.41. The first-order valence-electron chi connectivity index (χ1n) is 9.21. The number of fused-ring (bicyclic) bond motifs is 1. The van der Waals surface area contributed by atoms with Crippen LogP contribution >= 0.6 is 34.5 Å². The van der Waals surface area contributed by atoms with Crippen LogP contribution in [0.2, 0.25) is 10.0 Å². The van der Waals surface area contributed by atoms with Crippen LogP contribution in [0.25, 0.3) is 10.1 Å². The van der Waals surface area contributed by atoms with Crippen molar-refractivity contribution >= 4 is 71.9 Å². The summed E-state index contributed by atoms with van der Waals surface area (Å²) in [5.41, 5.74) is 1.64. The van der Waals surface area contributed by atoms with Crippen LogP contribution < -0.4 is 10.2 Å². The summed E-state index contributed by atoms with van der Waals surface area (Å²) < 4.78 is 25.6. The number of carbonyl (C=O) groups excluding carboxylic acids is 1. The number of amides is 1. The Morgan fingerprint density at radius 3 is 2.33 bits per heavy atom. The molecule has 0 spiro atoms. The Morgan fingerprint density at radius 1 is 1.03 bits per heavy atom. The number of hydrogen-bond acceptors (Lipinski definition) is 5. The van der Waals surface area contributed by atoms with Gasteiger partial charge in [0, 0.05) is 52.7 Å². The number of thiophene rings is 1. The zero-order valence-electron chi connectivity index (χ0n) is 16.1. The Morgan fingerprint density at radius 2 is 1.70 bits per heavy atom. The first-order chi connectivity index (χ1) is 14.2. The van der Waals surface area contributed by atoms with Crippen molar-refractivity contribution in [1.82, 2.24) is 4.31 Å². The normalized spacial score (nSPS) is 15.5. The number of rotatable bonds is 4. The van der Waals surface area contributed by atoms with Gasteiger partial charge in [0.1, 0.15) is 4.88 Å². The van der Waals surface area contributed by atoms with E-state index >= 15 is 0 Å². The number of anilines is 2. The topological polar surface area (TPSA) is 69.7 Å². The van der Waals surface area contributed by atoms with E-state index in [1.165, 1.54) is 21.9 Å². The van der Waals surface area contributed by atoms with Crippen molar-refractivity contribution in [2.24, 2.45) is 0 Å². The van der Waals surface area contributed by atoms with Gasteiger partial charge in [0.05, 0.1) is 11.3 Å². The van der Waals surface area contributed by atoms with Crippen molar-refractivity contribution < 1.29 is 13.2 Å². The molecule has 6 nitrogen and oxygen atoms in total. The van der Waals surface area contributed by atoms with Crippen molar-refractivity contribution in [3.05, 3.63) is 57.4 Å². The number of halogens is 2. The van der Waals surface area contributed by atoms with Crippen molar-refractivity contribution in [3.63, 3.8) is 0 Å². The molecule has 3 aromatic rings. The second-order valence-corrected chi connectivity index (χ2v) is 10.9. The van der Waals surface area contributed by atoms with Crippen LogP contribution in [0.1, 0.15) is 9.67 Å². The lowest BCUT2D eigenvalue weighted by Crippen LogP contribution is -2.48. The second-order valence-electron chi connectivity index (χ2n) is 7.04. The number of nitrogens with one attached hydrogen (secondary N) is 1. The highest BCUT2D eigenvalue weighted by molar-refractivity contribution is 7.88. The second kappa shape index (κ2) is 8.36. The van der Waals surface area contributed by atoms with Crippen LogP contribution in [0.5, 0.6) is 0 Å². The van der Waals surface area contributed by atoms with Crippen LogP contribution in [0.4, 0.5) is 11.4 Å². The van der Waals surface area contributed by atoms with Crippen LogP contribution in [0.3, 0.4) is 0 Å².